The molecule has 5 nitrogen and oxygen atoms in total. The van der Waals surface area contributed by atoms with E-state index in [-0.39, 0.29) is 12.2 Å². The van der Waals surface area contributed by atoms with Gasteiger partial charge >= 0.3 is 0 Å². The van der Waals surface area contributed by atoms with Crippen molar-refractivity contribution < 1.29 is 14.3 Å². The van der Waals surface area contributed by atoms with Gasteiger partial charge in [0.05, 0.1) is 6.42 Å². The van der Waals surface area contributed by atoms with Crippen molar-refractivity contribution in [2.24, 2.45) is 5.73 Å². The van der Waals surface area contributed by atoms with Gasteiger partial charge < -0.3 is 9.47 Å². The summed E-state index contributed by atoms with van der Waals surface area (Å²) in [6.07, 6.45) is 1.13. The Bertz CT molecular complexity index is 613. The molecule has 1 atom stereocenters. The Kier molecular flexibility index (Phi) is 2.89. The molecule has 1 aliphatic heterocycles. The molecule has 0 fully saturated rings. The lowest BCUT2D eigenvalue weighted by molar-refractivity contribution is 0.0561. The van der Waals surface area contributed by atoms with Crippen LogP contribution < -0.4 is 15.2 Å². The summed E-state index contributed by atoms with van der Waals surface area (Å²) in [6.45, 7) is 0. The summed E-state index contributed by atoms with van der Waals surface area (Å²) in [5.74, 6) is 1.03. The molecule has 96 valence electrons. The summed E-state index contributed by atoms with van der Waals surface area (Å²) in [4.78, 5) is 16.3. The Labute approximate surface area is 110 Å². The van der Waals surface area contributed by atoms with E-state index in [1.165, 1.54) is 0 Å². The van der Waals surface area contributed by atoms with Crippen molar-refractivity contribution in [1.82, 2.24) is 4.98 Å². The molecule has 2 N–H and O–H groups in total. The summed E-state index contributed by atoms with van der Waals surface area (Å²) >= 11 is 0. The second-order valence-corrected chi connectivity index (χ2v) is 4.19. The summed E-state index contributed by atoms with van der Waals surface area (Å²) in [6, 6.07) is 10.5. The highest BCUT2D eigenvalue weighted by atomic mass is 16.7. The number of carbonyl (C=O) groups is 1. The van der Waals surface area contributed by atoms with E-state index in [2.05, 4.69) is 4.98 Å². The van der Waals surface area contributed by atoms with E-state index in [1.54, 1.807) is 24.4 Å². The summed E-state index contributed by atoms with van der Waals surface area (Å²) in [5, 5.41) is 0. The largest absolute Gasteiger partial charge is 0.438 e. The van der Waals surface area contributed by atoms with Crippen molar-refractivity contribution in [3.8, 4) is 11.5 Å². The van der Waals surface area contributed by atoms with Crippen LogP contribution >= 0.6 is 0 Å². The second kappa shape index (κ2) is 4.70. The number of pyridine rings is 1. The van der Waals surface area contributed by atoms with E-state index in [0.29, 0.717) is 17.1 Å². The third kappa shape index (κ3) is 2.41. The maximum absolute atomic E-state index is 12.1. The number of nitrogens with zero attached hydrogens (tertiary/aromatic N) is 1. The second-order valence-electron chi connectivity index (χ2n) is 4.19. The van der Waals surface area contributed by atoms with Gasteiger partial charge in [0, 0.05) is 17.5 Å². The van der Waals surface area contributed by atoms with Gasteiger partial charge in [0.1, 0.15) is 0 Å². The first-order valence-corrected chi connectivity index (χ1v) is 5.88. The molecule has 1 aromatic heterocycles. The molecule has 2 heterocycles. The molecular weight excluding hydrogens is 244 g/mol. The van der Waals surface area contributed by atoms with Crippen molar-refractivity contribution in [1.29, 1.82) is 0 Å². The quantitative estimate of drug-likeness (QED) is 0.843. The Morgan fingerprint density at radius 2 is 2.05 bits per heavy atom. The van der Waals surface area contributed by atoms with E-state index in [4.69, 9.17) is 15.2 Å². The minimum Gasteiger partial charge on any atom is -0.438 e. The predicted octanol–water partition coefficient (Wildman–Crippen LogP) is 1.52. The predicted molar refractivity (Wildman–Crippen MR) is 67.9 cm³/mol. The molecule has 0 aliphatic carbocycles. The number of hydrogen-bond acceptors (Lipinski definition) is 5. The van der Waals surface area contributed by atoms with Crippen LogP contribution in [0, 0.1) is 0 Å². The Morgan fingerprint density at radius 1 is 1.21 bits per heavy atom. The molecule has 2 aromatic rings. The normalized spacial score (nSPS) is 16.4. The number of ketones is 1. The van der Waals surface area contributed by atoms with Crippen LogP contribution in [0.4, 0.5) is 0 Å². The van der Waals surface area contributed by atoms with E-state index < -0.39 is 6.41 Å². The van der Waals surface area contributed by atoms with Gasteiger partial charge in [-0.15, -0.1) is 0 Å². The van der Waals surface area contributed by atoms with Crippen LogP contribution in [0.2, 0.25) is 0 Å². The Morgan fingerprint density at radius 3 is 2.84 bits per heavy atom. The molecule has 1 aromatic carbocycles. The molecule has 1 unspecified atom stereocenters. The lowest BCUT2D eigenvalue weighted by Gasteiger charge is -2.02. The fourth-order valence-electron chi connectivity index (χ4n) is 1.91. The zero-order chi connectivity index (χ0) is 13.2. The van der Waals surface area contributed by atoms with Gasteiger partial charge in [0.25, 0.3) is 6.41 Å². The zero-order valence-electron chi connectivity index (χ0n) is 10.1. The molecule has 1 aliphatic rings. The van der Waals surface area contributed by atoms with E-state index >= 15 is 0 Å². The number of carbonyl (C=O) groups excluding carboxylic acids is 1. The topological polar surface area (TPSA) is 74.4 Å². The summed E-state index contributed by atoms with van der Waals surface area (Å²) < 4.78 is 10.4. The number of rotatable bonds is 3. The molecule has 0 radical (unpaired) electrons. The number of Topliss-reactive ketones (excluding diaryl/α,β-unsaturated/α-hetero) is 1. The van der Waals surface area contributed by atoms with Crippen LogP contribution in [0.3, 0.4) is 0 Å². The Balaban J connectivity index is 1.80. The van der Waals surface area contributed by atoms with Crippen LogP contribution in [0.1, 0.15) is 16.1 Å². The van der Waals surface area contributed by atoms with Gasteiger partial charge in [-0.1, -0.05) is 6.07 Å². The average Bonchev–Trinajstić information content (AvgIpc) is 2.78. The van der Waals surface area contributed by atoms with Crippen molar-refractivity contribution in [3.05, 3.63) is 53.9 Å². The van der Waals surface area contributed by atoms with E-state index in [9.17, 15) is 4.79 Å². The lowest BCUT2D eigenvalue weighted by Crippen LogP contribution is -2.28. The van der Waals surface area contributed by atoms with Gasteiger partial charge in [0.2, 0.25) is 0 Å². The molecule has 19 heavy (non-hydrogen) atoms. The van der Waals surface area contributed by atoms with Gasteiger partial charge in [0.15, 0.2) is 17.3 Å². The van der Waals surface area contributed by atoms with E-state index in [1.807, 2.05) is 18.2 Å². The molecule has 0 saturated carbocycles. The molecule has 5 heteroatoms. The van der Waals surface area contributed by atoms with Gasteiger partial charge in [-0.2, -0.15) is 0 Å². The molecule has 0 saturated heterocycles. The van der Waals surface area contributed by atoms with Crippen molar-refractivity contribution in [2.75, 3.05) is 0 Å². The fourth-order valence-corrected chi connectivity index (χ4v) is 1.91. The molecule has 0 bridgehead atoms. The highest BCUT2D eigenvalue weighted by molar-refractivity contribution is 5.97. The highest BCUT2D eigenvalue weighted by Crippen LogP contribution is 2.34. The number of fused-ring (bicyclic) bond motifs is 1. The first-order valence-electron chi connectivity index (χ1n) is 5.88. The highest BCUT2D eigenvalue weighted by Gasteiger charge is 2.22. The van der Waals surface area contributed by atoms with Crippen LogP contribution in [-0.2, 0) is 6.42 Å². The number of nitrogens with two attached hydrogens (primary N) is 1. The van der Waals surface area contributed by atoms with Crippen LogP contribution in [-0.4, -0.2) is 17.2 Å². The molecule has 0 spiro atoms. The maximum Gasteiger partial charge on any atom is 0.300 e. The summed E-state index contributed by atoms with van der Waals surface area (Å²) in [7, 11) is 0. The standard InChI is InChI=1S/C14H12N2O3/c15-14-18-12-5-4-9(7-13(12)19-14)11(17)8-10-3-1-2-6-16-10/h1-7,14H,8,15H2. The number of benzene rings is 1. The van der Waals surface area contributed by atoms with Crippen molar-refractivity contribution in [2.45, 2.75) is 12.8 Å². The maximum atomic E-state index is 12.1. The Hall–Kier alpha value is -2.40. The first kappa shape index (κ1) is 11.7. The third-order valence-electron chi connectivity index (χ3n) is 2.82. The smallest absolute Gasteiger partial charge is 0.300 e. The monoisotopic (exact) mass is 256 g/mol. The van der Waals surface area contributed by atoms with Gasteiger partial charge in [-0.25, -0.2) is 0 Å². The van der Waals surface area contributed by atoms with Crippen molar-refractivity contribution in [3.63, 3.8) is 0 Å². The van der Waals surface area contributed by atoms with Gasteiger partial charge in [-0.3, -0.25) is 15.5 Å². The number of aromatic nitrogens is 1. The SMILES string of the molecule is NC1Oc2ccc(C(=O)Cc3ccccn3)cc2O1. The lowest BCUT2D eigenvalue weighted by atomic mass is 10.1. The molecule has 0 amide bonds. The minimum absolute atomic E-state index is 0.0226. The first-order chi connectivity index (χ1) is 9.22. The number of ether oxygens (including phenoxy) is 2. The summed E-state index contributed by atoms with van der Waals surface area (Å²) in [5.41, 5.74) is 6.79. The molecular formula is C14H12N2O3. The van der Waals surface area contributed by atoms with Crippen molar-refractivity contribution >= 4 is 5.78 Å². The van der Waals surface area contributed by atoms with Crippen LogP contribution in [0.15, 0.2) is 42.6 Å². The average molecular weight is 256 g/mol. The zero-order valence-corrected chi connectivity index (χ0v) is 10.1. The van der Waals surface area contributed by atoms with Crippen LogP contribution in [0.25, 0.3) is 0 Å². The van der Waals surface area contributed by atoms with Gasteiger partial charge in [-0.05, 0) is 30.3 Å². The number of hydrogen-bond donors (Lipinski definition) is 1. The fraction of sp³-hybridized carbons (Fsp3) is 0.143. The van der Waals surface area contributed by atoms with Crippen LogP contribution in [0.5, 0.6) is 11.5 Å². The third-order valence-corrected chi connectivity index (χ3v) is 2.82. The van der Waals surface area contributed by atoms with E-state index in [0.717, 1.165) is 5.69 Å². The molecule has 3 rings (SSSR count). The minimum atomic E-state index is -0.795.